The van der Waals surface area contributed by atoms with E-state index in [9.17, 15) is 23.6 Å². The largest absolute Gasteiger partial charge is 0.467 e. The Morgan fingerprint density at radius 3 is 2.53 bits per heavy atom. The third kappa shape index (κ3) is 5.55. The van der Waals surface area contributed by atoms with Gasteiger partial charge in [0.25, 0.3) is 0 Å². The highest BCUT2D eigenvalue weighted by Gasteiger charge is 2.52. The summed E-state index contributed by atoms with van der Waals surface area (Å²) < 4.78 is 23.5. The number of nitrogens with zero attached hydrogens (tertiary/aromatic N) is 1. The number of ether oxygens (including phenoxy) is 2. The Labute approximate surface area is 198 Å². The smallest absolute Gasteiger partial charge is 0.332 e. The first-order valence-electron chi connectivity index (χ1n) is 11.5. The summed E-state index contributed by atoms with van der Waals surface area (Å²) in [5.41, 5.74) is -0.611. The van der Waals surface area contributed by atoms with E-state index in [0.29, 0.717) is 31.4 Å². The maximum atomic E-state index is 13.8. The van der Waals surface area contributed by atoms with E-state index >= 15 is 0 Å². The van der Waals surface area contributed by atoms with Gasteiger partial charge in [0.05, 0.1) is 13.2 Å². The molecule has 1 aromatic carbocycles. The summed E-state index contributed by atoms with van der Waals surface area (Å²) in [6.45, 7) is 3.80. The lowest BCUT2D eigenvalue weighted by Gasteiger charge is -2.39. The molecule has 2 aliphatic rings. The van der Waals surface area contributed by atoms with Gasteiger partial charge >= 0.3 is 11.9 Å². The molecule has 186 valence electrons. The number of hydrogen-bond donors (Lipinski definition) is 2. The number of halogens is 1. The molecule has 0 saturated carbocycles. The van der Waals surface area contributed by atoms with Crippen LogP contribution in [0.25, 0.3) is 0 Å². The summed E-state index contributed by atoms with van der Waals surface area (Å²) >= 11 is 0. The number of carbonyl (C=O) groups excluding carboxylic acids is 4. The van der Waals surface area contributed by atoms with Gasteiger partial charge in [-0.2, -0.15) is 0 Å². The van der Waals surface area contributed by atoms with E-state index in [0.717, 1.165) is 13.0 Å². The second-order valence-electron chi connectivity index (χ2n) is 8.87. The molecule has 1 aromatic rings. The van der Waals surface area contributed by atoms with Gasteiger partial charge < -0.3 is 25.0 Å². The minimum atomic E-state index is -1.29. The maximum Gasteiger partial charge on any atom is 0.332 e. The lowest BCUT2D eigenvalue weighted by Crippen LogP contribution is -2.64. The second kappa shape index (κ2) is 10.9. The molecule has 2 fully saturated rings. The molecule has 10 heteroatoms. The molecule has 3 rings (SSSR count). The molecular weight excluding hydrogens is 445 g/mol. The average molecular weight is 478 g/mol. The minimum Gasteiger partial charge on any atom is -0.467 e. The van der Waals surface area contributed by atoms with E-state index in [4.69, 9.17) is 9.47 Å². The van der Waals surface area contributed by atoms with E-state index < -0.39 is 41.3 Å². The molecule has 0 aromatic heterocycles. The fourth-order valence-electron chi connectivity index (χ4n) is 4.82. The number of benzene rings is 1. The number of rotatable bonds is 8. The van der Waals surface area contributed by atoms with E-state index in [1.165, 1.54) is 33.1 Å². The number of amides is 2. The molecule has 0 spiro atoms. The lowest BCUT2D eigenvalue weighted by atomic mass is 9.86. The molecule has 2 N–H and O–H groups in total. The highest BCUT2D eigenvalue weighted by atomic mass is 19.1. The Bertz CT molecular complexity index is 918. The quantitative estimate of drug-likeness (QED) is 0.539. The van der Waals surface area contributed by atoms with E-state index in [1.807, 2.05) is 0 Å². The summed E-state index contributed by atoms with van der Waals surface area (Å²) in [6, 6.07) is 4.14. The molecule has 2 aliphatic heterocycles. The minimum absolute atomic E-state index is 0.146. The lowest BCUT2D eigenvalue weighted by molar-refractivity contribution is -0.158. The molecule has 9 nitrogen and oxygen atoms in total. The third-order valence-corrected chi connectivity index (χ3v) is 6.51. The molecule has 0 radical (unpaired) electrons. The molecule has 0 aliphatic carbocycles. The van der Waals surface area contributed by atoms with Crippen molar-refractivity contribution in [3.8, 4) is 0 Å². The van der Waals surface area contributed by atoms with Gasteiger partial charge in [-0.05, 0) is 56.8 Å². The van der Waals surface area contributed by atoms with Crippen LogP contribution in [0.5, 0.6) is 0 Å². The van der Waals surface area contributed by atoms with Crippen LogP contribution in [0, 0.1) is 5.82 Å². The van der Waals surface area contributed by atoms with Gasteiger partial charge in [0.2, 0.25) is 11.8 Å². The molecule has 2 saturated heterocycles. The van der Waals surface area contributed by atoms with Crippen LogP contribution in [-0.4, -0.2) is 72.6 Å². The van der Waals surface area contributed by atoms with Crippen LogP contribution in [0.2, 0.25) is 0 Å². The van der Waals surface area contributed by atoms with Crippen molar-refractivity contribution in [2.24, 2.45) is 0 Å². The standard InChI is InChI=1S/C24H32FN3O6/c1-15(34-16(2)29)20(22(31)33-3)27-23(32)24(14-17-7-9-18(25)10-8-17)11-5-13-28(24)21(30)19-6-4-12-26-19/h7-10,15,19-20,26H,4-6,11-14H2,1-3H3,(H,27,32)/t15-,19+,20+,24?/m1/s1. The Morgan fingerprint density at radius 2 is 1.94 bits per heavy atom. The first kappa shape index (κ1) is 25.6. The van der Waals surface area contributed by atoms with Crippen LogP contribution < -0.4 is 10.6 Å². The van der Waals surface area contributed by atoms with E-state index in [1.54, 1.807) is 17.0 Å². The summed E-state index contributed by atoms with van der Waals surface area (Å²) in [6.07, 6.45) is 1.66. The van der Waals surface area contributed by atoms with Crippen molar-refractivity contribution in [2.75, 3.05) is 20.2 Å². The topological polar surface area (TPSA) is 114 Å². The van der Waals surface area contributed by atoms with Crippen molar-refractivity contribution in [1.29, 1.82) is 0 Å². The van der Waals surface area contributed by atoms with Gasteiger partial charge in [-0.1, -0.05) is 12.1 Å². The highest BCUT2D eigenvalue weighted by molar-refractivity contribution is 5.96. The predicted molar refractivity (Wildman–Crippen MR) is 120 cm³/mol. The van der Waals surface area contributed by atoms with Crippen molar-refractivity contribution >= 4 is 23.8 Å². The Balaban J connectivity index is 1.95. The fraction of sp³-hybridized carbons (Fsp3) is 0.583. The summed E-state index contributed by atoms with van der Waals surface area (Å²) in [5.74, 6) is -2.50. The van der Waals surface area contributed by atoms with Crippen LogP contribution >= 0.6 is 0 Å². The summed E-state index contributed by atoms with van der Waals surface area (Å²) in [5, 5.41) is 5.87. The molecule has 1 unspecified atom stereocenters. The summed E-state index contributed by atoms with van der Waals surface area (Å²) in [4.78, 5) is 52.8. The van der Waals surface area contributed by atoms with Crippen LogP contribution in [0.15, 0.2) is 24.3 Å². The maximum absolute atomic E-state index is 13.8. The number of hydrogen-bond acceptors (Lipinski definition) is 7. The number of carbonyl (C=O) groups is 4. The van der Waals surface area contributed by atoms with Crippen LogP contribution in [0.3, 0.4) is 0 Å². The van der Waals surface area contributed by atoms with Crippen molar-refractivity contribution < 1.29 is 33.0 Å². The molecule has 4 atom stereocenters. The van der Waals surface area contributed by atoms with Gasteiger partial charge in [-0.15, -0.1) is 0 Å². The van der Waals surface area contributed by atoms with Crippen LogP contribution in [-0.2, 0) is 35.1 Å². The number of nitrogens with one attached hydrogen (secondary N) is 2. The summed E-state index contributed by atoms with van der Waals surface area (Å²) in [7, 11) is 1.17. The number of methoxy groups -OCH3 is 1. The first-order chi connectivity index (χ1) is 16.2. The molecule has 34 heavy (non-hydrogen) atoms. The van der Waals surface area contributed by atoms with Crippen molar-refractivity contribution in [3.05, 3.63) is 35.6 Å². The van der Waals surface area contributed by atoms with Gasteiger partial charge in [-0.25, -0.2) is 9.18 Å². The third-order valence-electron chi connectivity index (χ3n) is 6.51. The second-order valence-corrected chi connectivity index (χ2v) is 8.87. The van der Waals surface area contributed by atoms with Crippen molar-refractivity contribution in [3.63, 3.8) is 0 Å². The number of esters is 2. The molecule has 2 amide bonds. The Morgan fingerprint density at radius 1 is 1.24 bits per heavy atom. The normalized spacial score (nSPS) is 23.8. The zero-order valence-electron chi connectivity index (χ0n) is 19.8. The SMILES string of the molecule is COC(=O)[C@@H](NC(=O)C1(Cc2ccc(F)cc2)CCCN1C(=O)[C@@H]1CCCN1)[C@@H](C)OC(C)=O. The van der Waals surface area contributed by atoms with Gasteiger partial charge in [0.15, 0.2) is 6.04 Å². The van der Waals surface area contributed by atoms with Gasteiger partial charge in [0.1, 0.15) is 17.5 Å². The van der Waals surface area contributed by atoms with Crippen LogP contribution in [0.1, 0.15) is 45.1 Å². The Hall–Kier alpha value is -3.01. The first-order valence-corrected chi connectivity index (χ1v) is 11.5. The van der Waals surface area contributed by atoms with E-state index in [-0.39, 0.29) is 18.4 Å². The molecule has 2 heterocycles. The Kier molecular flexibility index (Phi) is 8.24. The molecular formula is C24H32FN3O6. The van der Waals surface area contributed by atoms with Crippen molar-refractivity contribution in [1.82, 2.24) is 15.5 Å². The zero-order valence-corrected chi connectivity index (χ0v) is 19.8. The van der Waals surface area contributed by atoms with Crippen LogP contribution in [0.4, 0.5) is 4.39 Å². The highest BCUT2D eigenvalue weighted by Crippen LogP contribution is 2.35. The zero-order chi connectivity index (χ0) is 24.9. The fourth-order valence-corrected chi connectivity index (χ4v) is 4.82. The van der Waals surface area contributed by atoms with Gasteiger partial charge in [-0.3, -0.25) is 14.4 Å². The average Bonchev–Trinajstić information content (AvgIpc) is 3.48. The van der Waals surface area contributed by atoms with E-state index in [2.05, 4.69) is 10.6 Å². The van der Waals surface area contributed by atoms with Crippen molar-refractivity contribution in [2.45, 2.75) is 69.7 Å². The molecule has 0 bridgehead atoms. The monoisotopic (exact) mass is 477 g/mol. The predicted octanol–water partition coefficient (Wildman–Crippen LogP) is 1.09. The van der Waals surface area contributed by atoms with Gasteiger partial charge in [0, 0.05) is 19.9 Å². The number of likely N-dealkylation sites (tertiary alicyclic amines) is 1.